The summed E-state index contributed by atoms with van der Waals surface area (Å²) >= 11 is 0. The molecule has 1 heterocycles. The number of carbonyl (C=O) groups excluding carboxylic acids is 2. The predicted molar refractivity (Wildman–Crippen MR) is 90.0 cm³/mol. The Kier molecular flexibility index (Phi) is 4.33. The molecule has 0 atom stereocenters. The molecule has 0 bridgehead atoms. The molecule has 0 amide bonds. The summed E-state index contributed by atoms with van der Waals surface area (Å²) < 4.78 is 11.3. The van der Waals surface area contributed by atoms with E-state index < -0.39 is 17.9 Å². The summed E-state index contributed by atoms with van der Waals surface area (Å²) in [7, 11) is 2.50. The van der Waals surface area contributed by atoms with Gasteiger partial charge in [0.1, 0.15) is 0 Å². The van der Waals surface area contributed by atoms with Gasteiger partial charge in [-0.1, -0.05) is 30.3 Å². The molecule has 0 aliphatic heterocycles. The summed E-state index contributed by atoms with van der Waals surface area (Å²) in [5.41, 5.74) is 1.47. The van der Waals surface area contributed by atoms with Gasteiger partial charge in [0.2, 0.25) is 0 Å². The van der Waals surface area contributed by atoms with Crippen molar-refractivity contribution in [1.29, 1.82) is 0 Å². The summed E-state index contributed by atoms with van der Waals surface area (Å²) in [5.74, 6) is -2.36. The summed E-state index contributed by atoms with van der Waals surface area (Å²) in [6, 6.07) is 15.8. The van der Waals surface area contributed by atoms with Crippen molar-refractivity contribution >= 4 is 22.7 Å². The molecule has 1 aromatic heterocycles. The Morgan fingerprint density at radius 1 is 0.917 bits per heavy atom. The largest absolute Gasteiger partial charge is 0.468 e. The van der Waals surface area contributed by atoms with E-state index in [1.807, 2.05) is 47.0 Å². The van der Waals surface area contributed by atoms with Crippen LogP contribution in [0.3, 0.4) is 0 Å². The minimum atomic E-state index is -1.08. The lowest BCUT2D eigenvalue weighted by Crippen LogP contribution is -2.24. The third-order valence-corrected chi connectivity index (χ3v) is 3.95. The van der Waals surface area contributed by atoms with E-state index >= 15 is 0 Å². The highest BCUT2D eigenvalue weighted by molar-refractivity contribution is 6.00. The van der Waals surface area contributed by atoms with Crippen molar-refractivity contribution in [3.05, 3.63) is 66.5 Å². The summed E-state index contributed by atoms with van der Waals surface area (Å²) in [6.45, 7) is 0. The maximum Gasteiger partial charge on any atom is 0.324 e. The second-order valence-electron chi connectivity index (χ2n) is 5.36. The van der Waals surface area contributed by atoms with E-state index in [0.717, 1.165) is 16.5 Å². The van der Waals surface area contributed by atoms with E-state index in [9.17, 15) is 9.59 Å². The predicted octanol–water partition coefficient (Wildman–Crippen LogP) is 3.06. The van der Waals surface area contributed by atoms with Crippen molar-refractivity contribution in [3.63, 3.8) is 0 Å². The standard InChI is InChI=1S/C19H17NO4/c1-23-18(21)17(19(22)24-2)15-9-10-20(12-15)16-8-7-13-5-3-4-6-14(13)11-16/h3-12,17H,1-2H3. The van der Waals surface area contributed by atoms with E-state index in [1.165, 1.54) is 14.2 Å². The molecule has 0 saturated carbocycles. The molecule has 24 heavy (non-hydrogen) atoms. The molecule has 5 nitrogen and oxygen atoms in total. The zero-order valence-corrected chi connectivity index (χ0v) is 13.4. The van der Waals surface area contributed by atoms with Crippen molar-refractivity contribution in [2.24, 2.45) is 0 Å². The third kappa shape index (κ3) is 2.88. The molecule has 3 rings (SSSR count). The number of benzene rings is 2. The molecule has 122 valence electrons. The van der Waals surface area contributed by atoms with Gasteiger partial charge in [0.25, 0.3) is 0 Å². The molecule has 0 fully saturated rings. The summed E-state index contributed by atoms with van der Waals surface area (Å²) in [5, 5.41) is 2.26. The van der Waals surface area contributed by atoms with Crippen LogP contribution in [0, 0.1) is 0 Å². The number of aromatic nitrogens is 1. The minimum absolute atomic E-state index is 0.529. The first-order valence-corrected chi connectivity index (χ1v) is 7.47. The van der Waals surface area contributed by atoms with Gasteiger partial charge in [0.05, 0.1) is 14.2 Å². The van der Waals surface area contributed by atoms with Crippen LogP contribution in [-0.4, -0.2) is 30.7 Å². The lowest BCUT2D eigenvalue weighted by atomic mass is 10.0. The molecule has 5 heteroatoms. The normalized spacial score (nSPS) is 10.8. The van der Waals surface area contributed by atoms with Crippen LogP contribution in [0.25, 0.3) is 16.5 Å². The average Bonchev–Trinajstić information content (AvgIpc) is 3.10. The number of ether oxygens (including phenoxy) is 2. The zero-order valence-electron chi connectivity index (χ0n) is 13.4. The van der Waals surface area contributed by atoms with Crippen molar-refractivity contribution in [2.75, 3.05) is 14.2 Å². The number of methoxy groups -OCH3 is 2. The molecular formula is C19H17NO4. The van der Waals surface area contributed by atoms with Gasteiger partial charge >= 0.3 is 11.9 Å². The molecule has 0 spiro atoms. The Bertz CT molecular complexity index is 881. The first-order valence-electron chi connectivity index (χ1n) is 7.47. The van der Waals surface area contributed by atoms with Crippen LogP contribution in [0.2, 0.25) is 0 Å². The molecule has 0 N–H and O–H groups in total. The number of fused-ring (bicyclic) bond motifs is 1. The maximum atomic E-state index is 11.9. The first-order chi connectivity index (χ1) is 11.6. The summed E-state index contributed by atoms with van der Waals surface area (Å²) in [4.78, 5) is 23.8. The fourth-order valence-electron chi connectivity index (χ4n) is 2.69. The van der Waals surface area contributed by atoms with Crippen LogP contribution in [0.15, 0.2) is 60.9 Å². The Balaban J connectivity index is 1.98. The van der Waals surface area contributed by atoms with E-state index in [-0.39, 0.29) is 0 Å². The third-order valence-electron chi connectivity index (χ3n) is 3.95. The van der Waals surface area contributed by atoms with Crippen molar-refractivity contribution in [3.8, 4) is 5.69 Å². The zero-order chi connectivity index (χ0) is 17.1. The van der Waals surface area contributed by atoms with Crippen LogP contribution in [0.5, 0.6) is 0 Å². The Morgan fingerprint density at radius 2 is 1.58 bits per heavy atom. The van der Waals surface area contributed by atoms with Gasteiger partial charge < -0.3 is 14.0 Å². The van der Waals surface area contributed by atoms with E-state index in [2.05, 4.69) is 0 Å². The monoisotopic (exact) mass is 323 g/mol. The van der Waals surface area contributed by atoms with Gasteiger partial charge in [-0.25, -0.2) is 0 Å². The van der Waals surface area contributed by atoms with Gasteiger partial charge in [-0.2, -0.15) is 0 Å². The molecule has 3 aromatic rings. The fourth-order valence-corrected chi connectivity index (χ4v) is 2.69. The van der Waals surface area contributed by atoms with Crippen LogP contribution in [0.1, 0.15) is 11.5 Å². The lowest BCUT2D eigenvalue weighted by Gasteiger charge is -2.11. The second-order valence-corrected chi connectivity index (χ2v) is 5.36. The fraction of sp³-hybridized carbons (Fsp3) is 0.158. The van der Waals surface area contributed by atoms with E-state index in [0.29, 0.717) is 5.56 Å². The molecular weight excluding hydrogens is 306 g/mol. The maximum absolute atomic E-state index is 11.9. The average molecular weight is 323 g/mol. The van der Waals surface area contributed by atoms with E-state index in [1.54, 1.807) is 18.5 Å². The summed E-state index contributed by atoms with van der Waals surface area (Å²) in [6.07, 6.45) is 3.54. The number of nitrogens with zero attached hydrogens (tertiary/aromatic N) is 1. The first kappa shape index (κ1) is 15.8. The Labute approximate surface area is 139 Å². The van der Waals surface area contributed by atoms with Gasteiger partial charge in [-0.05, 0) is 34.5 Å². The molecule has 0 aliphatic carbocycles. The number of hydrogen-bond acceptors (Lipinski definition) is 4. The minimum Gasteiger partial charge on any atom is -0.468 e. The SMILES string of the molecule is COC(=O)C(C(=O)OC)c1ccn(-c2ccc3ccccc3c2)c1. The highest BCUT2D eigenvalue weighted by atomic mass is 16.5. The molecule has 0 radical (unpaired) electrons. The van der Waals surface area contributed by atoms with Crippen molar-refractivity contribution in [1.82, 2.24) is 4.57 Å². The molecule has 0 aliphatic rings. The van der Waals surface area contributed by atoms with Gasteiger partial charge in [0, 0.05) is 18.1 Å². The lowest BCUT2D eigenvalue weighted by molar-refractivity contribution is -0.154. The van der Waals surface area contributed by atoms with Gasteiger partial charge in [-0.15, -0.1) is 0 Å². The molecule has 0 saturated heterocycles. The molecule has 2 aromatic carbocycles. The Morgan fingerprint density at radius 3 is 2.25 bits per heavy atom. The van der Waals surface area contributed by atoms with Gasteiger partial charge in [-0.3, -0.25) is 9.59 Å². The topological polar surface area (TPSA) is 57.5 Å². The van der Waals surface area contributed by atoms with Crippen LogP contribution < -0.4 is 0 Å². The van der Waals surface area contributed by atoms with Crippen LogP contribution in [0.4, 0.5) is 0 Å². The second kappa shape index (κ2) is 6.58. The number of carbonyl (C=O) groups is 2. The van der Waals surface area contributed by atoms with E-state index in [4.69, 9.17) is 9.47 Å². The van der Waals surface area contributed by atoms with Crippen molar-refractivity contribution < 1.29 is 19.1 Å². The smallest absolute Gasteiger partial charge is 0.324 e. The Hall–Kier alpha value is -3.08. The van der Waals surface area contributed by atoms with Crippen LogP contribution in [-0.2, 0) is 19.1 Å². The number of esters is 2. The molecule has 0 unspecified atom stereocenters. The quantitative estimate of drug-likeness (QED) is 0.547. The highest BCUT2D eigenvalue weighted by Crippen LogP contribution is 2.23. The van der Waals surface area contributed by atoms with Crippen LogP contribution >= 0.6 is 0 Å². The highest BCUT2D eigenvalue weighted by Gasteiger charge is 2.31. The van der Waals surface area contributed by atoms with Gasteiger partial charge in [0.15, 0.2) is 5.92 Å². The number of hydrogen-bond donors (Lipinski definition) is 0. The number of rotatable bonds is 4. The van der Waals surface area contributed by atoms with Crippen molar-refractivity contribution in [2.45, 2.75) is 5.92 Å².